The summed E-state index contributed by atoms with van der Waals surface area (Å²) in [5.41, 5.74) is 0.593. The first-order valence-electron chi connectivity index (χ1n) is 4.61. The van der Waals surface area contributed by atoms with Gasteiger partial charge in [0.05, 0.1) is 7.11 Å². The fourth-order valence-corrected chi connectivity index (χ4v) is 1.49. The standard InChI is InChI=1S/C10H10N2O4/c1-16-7-4-2-6(3-5-7)8-9(13)12(15)10(14)11-8/h2-5,8,15H,1H3,(H,11,14). The maximum absolute atomic E-state index is 11.4. The zero-order valence-electron chi connectivity index (χ0n) is 8.51. The van der Waals surface area contributed by atoms with Crippen LogP contribution in [0.1, 0.15) is 11.6 Å². The summed E-state index contributed by atoms with van der Waals surface area (Å²) in [6, 6.07) is 5.01. The molecule has 1 aromatic rings. The SMILES string of the molecule is COc1ccc(C2NC(=O)N(O)C2=O)cc1. The molecule has 1 aromatic carbocycles. The van der Waals surface area contributed by atoms with Crippen LogP contribution >= 0.6 is 0 Å². The highest BCUT2D eigenvalue weighted by Crippen LogP contribution is 2.22. The molecular formula is C10H10N2O4. The van der Waals surface area contributed by atoms with E-state index >= 15 is 0 Å². The van der Waals surface area contributed by atoms with Gasteiger partial charge in [0, 0.05) is 0 Å². The Morgan fingerprint density at radius 1 is 1.31 bits per heavy atom. The minimum absolute atomic E-state index is 0.0783. The Labute approximate surface area is 91.4 Å². The summed E-state index contributed by atoms with van der Waals surface area (Å²) in [7, 11) is 1.53. The van der Waals surface area contributed by atoms with Crippen LogP contribution in [0.4, 0.5) is 4.79 Å². The van der Waals surface area contributed by atoms with Crippen molar-refractivity contribution in [2.45, 2.75) is 6.04 Å². The molecule has 6 nitrogen and oxygen atoms in total. The average molecular weight is 222 g/mol. The number of rotatable bonds is 2. The second-order valence-corrected chi connectivity index (χ2v) is 3.31. The number of amides is 3. The number of methoxy groups -OCH3 is 1. The lowest BCUT2D eigenvalue weighted by Crippen LogP contribution is -2.26. The molecule has 0 aliphatic carbocycles. The first-order valence-corrected chi connectivity index (χ1v) is 4.61. The van der Waals surface area contributed by atoms with Gasteiger partial charge in [-0.2, -0.15) is 0 Å². The molecule has 1 fully saturated rings. The zero-order chi connectivity index (χ0) is 11.7. The summed E-state index contributed by atoms with van der Waals surface area (Å²) in [5.74, 6) is -0.0310. The monoisotopic (exact) mass is 222 g/mol. The summed E-state index contributed by atoms with van der Waals surface area (Å²) < 4.78 is 4.97. The summed E-state index contributed by atoms with van der Waals surface area (Å²) in [6.45, 7) is 0. The van der Waals surface area contributed by atoms with E-state index in [0.717, 1.165) is 0 Å². The molecule has 1 heterocycles. The normalized spacial score (nSPS) is 19.9. The van der Waals surface area contributed by atoms with Gasteiger partial charge in [0.2, 0.25) is 0 Å². The Kier molecular flexibility index (Phi) is 2.49. The van der Waals surface area contributed by atoms with E-state index in [2.05, 4.69) is 5.32 Å². The fourth-order valence-electron chi connectivity index (χ4n) is 1.49. The van der Waals surface area contributed by atoms with E-state index in [1.165, 1.54) is 7.11 Å². The lowest BCUT2D eigenvalue weighted by atomic mass is 10.1. The topological polar surface area (TPSA) is 78.9 Å². The Morgan fingerprint density at radius 3 is 2.38 bits per heavy atom. The largest absolute Gasteiger partial charge is 0.497 e. The van der Waals surface area contributed by atoms with Crippen LogP contribution in [0.3, 0.4) is 0 Å². The van der Waals surface area contributed by atoms with Gasteiger partial charge in [0.25, 0.3) is 5.91 Å². The molecule has 1 aliphatic rings. The van der Waals surface area contributed by atoms with E-state index in [0.29, 0.717) is 11.3 Å². The second-order valence-electron chi connectivity index (χ2n) is 3.31. The Bertz CT molecular complexity index is 429. The van der Waals surface area contributed by atoms with E-state index in [1.54, 1.807) is 24.3 Å². The number of hydroxylamine groups is 2. The van der Waals surface area contributed by atoms with Crippen molar-refractivity contribution in [3.8, 4) is 5.75 Å². The summed E-state index contributed by atoms with van der Waals surface area (Å²) in [4.78, 5) is 22.4. The van der Waals surface area contributed by atoms with Crippen molar-refractivity contribution in [2.24, 2.45) is 0 Å². The molecule has 16 heavy (non-hydrogen) atoms. The molecule has 1 atom stereocenters. The van der Waals surface area contributed by atoms with E-state index in [1.807, 2.05) is 0 Å². The van der Waals surface area contributed by atoms with Crippen LogP contribution in [0, 0.1) is 0 Å². The third-order valence-electron chi connectivity index (χ3n) is 2.37. The maximum Gasteiger partial charge on any atom is 0.349 e. The van der Waals surface area contributed by atoms with Gasteiger partial charge in [-0.15, -0.1) is 5.06 Å². The highest BCUT2D eigenvalue weighted by Gasteiger charge is 2.38. The van der Waals surface area contributed by atoms with Gasteiger partial charge >= 0.3 is 6.03 Å². The number of hydrogen-bond acceptors (Lipinski definition) is 4. The van der Waals surface area contributed by atoms with Crippen molar-refractivity contribution >= 4 is 11.9 Å². The molecule has 6 heteroatoms. The molecule has 3 amide bonds. The summed E-state index contributed by atoms with van der Waals surface area (Å²) in [5, 5.41) is 11.5. The first kappa shape index (κ1) is 10.4. The molecule has 0 radical (unpaired) electrons. The van der Waals surface area contributed by atoms with Crippen LogP contribution in [0.2, 0.25) is 0 Å². The quantitative estimate of drug-likeness (QED) is 0.569. The molecular weight excluding hydrogens is 212 g/mol. The van der Waals surface area contributed by atoms with Crippen molar-refractivity contribution in [2.75, 3.05) is 7.11 Å². The number of urea groups is 1. The fraction of sp³-hybridized carbons (Fsp3) is 0.200. The average Bonchev–Trinajstić information content (AvgIpc) is 2.57. The number of ether oxygens (including phenoxy) is 1. The Balaban J connectivity index is 2.25. The lowest BCUT2D eigenvalue weighted by Gasteiger charge is -2.08. The lowest BCUT2D eigenvalue weighted by molar-refractivity contribution is -0.149. The van der Waals surface area contributed by atoms with Crippen molar-refractivity contribution in [3.05, 3.63) is 29.8 Å². The van der Waals surface area contributed by atoms with Crippen molar-refractivity contribution in [1.29, 1.82) is 0 Å². The molecule has 1 saturated heterocycles. The predicted octanol–water partition coefficient (Wildman–Crippen LogP) is 0.677. The second kappa shape index (κ2) is 3.82. The number of carbonyl (C=O) groups excluding carboxylic acids is 2. The van der Waals surface area contributed by atoms with Crippen LogP contribution in [0.25, 0.3) is 0 Å². The minimum Gasteiger partial charge on any atom is -0.497 e. The molecule has 84 valence electrons. The van der Waals surface area contributed by atoms with E-state index in [-0.39, 0.29) is 5.06 Å². The first-order chi connectivity index (χ1) is 7.63. The number of hydrogen-bond donors (Lipinski definition) is 2. The van der Waals surface area contributed by atoms with Gasteiger partial charge in [-0.1, -0.05) is 12.1 Å². The molecule has 0 saturated carbocycles. The molecule has 2 N–H and O–H groups in total. The summed E-state index contributed by atoms with van der Waals surface area (Å²) in [6.07, 6.45) is 0. The van der Waals surface area contributed by atoms with Gasteiger partial charge in [-0.3, -0.25) is 10.0 Å². The Morgan fingerprint density at radius 2 is 1.94 bits per heavy atom. The van der Waals surface area contributed by atoms with Gasteiger partial charge in [0.15, 0.2) is 0 Å². The molecule has 1 aliphatic heterocycles. The molecule has 0 spiro atoms. The maximum atomic E-state index is 11.4. The molecule has 2 rings (SSSR count). The smallest absolute Gasteiger partial charge is 0.349 e. The minimum atomic E-state index is -0.830. The van der Waals surface area contributed by atoms with Crippen molar-refractivity contribution in [3.63, 3.8) is 0 Å². The van der Waals surface area contributed by atoms with Crippen molar-refractivity contribution < 1.29 is 19.5 Å². The van der Waals surface area contributed by atoms with Gasteiger partial charge < -0.3 is 10.1 Å². The number of imide groups is 1. The van der Waals surface area contributed by atoms with E-state index in [4.69, 9.17) is 9.94 Å². The van der Waals surface area contributed by atoms with Crippen LogP contribution in [0.15, 0.2) is 24.3 Å². The predicted molar refractivity (Wildman–Crippen MR) is 52.9 cm³/mol. The highest BCUT2D eigenvalue weighted by atomic mass is 16.5. The van der Waals surface area contributed by atoms with Gasteiger partial charge in [0.1, 0.15) is 11.8 Å². The van der Waals surface area contributed by atoms with Gasteiger partial charge in [-0.05, 0) is 17.7 Å². The van der Waals surface area contributed by atoms with Crippen LogP contribution in [-0.2, 0) is 4.79 Å². The van der Waals surface area contributed by atoms with Crippen LogP contribution in [0.5, 0.6) is 5.75 Å². The van der Waals surface area contributed by atoms with Crippen LogP contribution in [-0.4, -0.2) is 29.3 Å². The molecule has 0 aromatic heterocycles. The summed E-state index contributed by atoms with van der Waals surface area (Å²) >= 11 is 0. The number of nitrogens with zero attached hydrogens (tertiary/aromatic N) is 1. The van der Waals surface area contributed by atoms with E-state index in [9.17, 15) is 9.59 Å². The zero-order valence-corrected chi connectivity index (χ0v) is 8.51. The number of benzene rings is 1. The number of carbonyl (C=O) groups is 2. The number of nitrogens with one attached hydrogen (secondary N) is 1. The van der Waals surface area contributed by atoms with Crippen molar-refractivity contribution in [1.82, 2.24) is 10.4 Å². The van der Waals surface area contributed by atoms with Crippen LogP contribution < -0.4 is 10.1 Å². The third kappa shape index (κ3) is 1.59. The van der Waals surface area contributed by atoms with E-state index < -0.39 is 18.0 Å². The highest BCUT2D eigenvalue weighted by molar-refractivity contribution is 6.03. The molecule has 0 bridgehead atoms. The molecule has 1 unspecified atom stereocenters. The Hall–Kier alpha value is -2.08. The third-order valence-corrected chi connectivity index (χ3v) is 2.37. The van der Waals surface area contributed by atoms with Gasteiger partial charge in [-0.25, -0.2) is 4.79 Å².